The molecular formula is C22H51N10P4+. The highest BCUT2D eigenvalue weighted by molar-refractivity contribution is 7.80. The molecule has 36 heavy (non-hydrogen) atoms. The summed E-state index contributed by atoms with van der Waals surface area (Å²) in [5.41, 5.74) is 1.28. The summed E-state index contributed by atoms with van der Waals surface area (Å²) in [7, 11) is 21.5. The third-order valence-electron chi connectivity index (χ3n) is 6.37. The fourth-order valence-corrected chi connectivity index (χ4v) is 19.2. The Balaban J connectivity index is 3.00. The average molecular weight is 580 g/mol. The second-order valence-corrected chi connectivity index (χ2v) is 21.4. The van der Waals surface area contributed by atoms with Gasteiger partial charge in [-0.25, -0.2) is 28.0 Å². The quantitative estimate of drug-likeness (QED) is 0.419. The first kappa shape index (κ1) is 32.4. The first-order valence-electron chi connectivity index (χ1n) is 12.2. The van der Waals surface area contributed by atoms with Crippen LogP contribution in [0.5, 0.6) is 0 Å². The summed E-state index contributed by atoms with van der Waals surface area (Å²) in [5, 5.41) is 5.15. The van der Waals surface area contributed by atoms with E-state index in [1.54, 1.807) is 0 Å². The Bertz CT molecular complexity index is 859. The molecule has 1 heterocycles. The van der Waals surface area contributed by atoms with Crippen molar-refractivity contribution in [2.24, 2.45) is 9.03 Å². The lowest BCUT2D eigenvalue weighted by molar-refractivity contribution is 0.396. The standard InChI is InChI=1S/C22H51N10P4/c1-26(2)35(27(3)4,28(5)6)24-34(25-36(29(7)8,30(9)10)31(11)12)23-18-13-19-32(34)20-21-14-16-22(33)17-15-21/h14-17,23H,13,18-20,33H2,1-12H3/q+1. The van der Waals surface area contributed by atoms with Gasteiger partial charge in [-0.1, -0.05) is 24.3 Å². The molecule has 10 nitrogen and oxygen atoms in total. The van der Waals surface area contributed by atoms with E-state index < -0.39 is 22.9 Å². The molecule has 1 unspecified atom stereocenters. The van der Waals surface area contributed by atoms with Crippen LogP contribution in [0.4, 0.5) is 0 Å². The molecule has 0 saturated carbocycles. The van der Waals surface area contributed by atoms with Crippen LogP contribution in [0.25, 0.3) is 0 Å². The number of benzene rings is 1. The predicted molar refractivity (Wildman–Crippen MR) is 167 cm³/mol. The van der Waals surface area contributed by atoms with Gasteiger partial charge in [0.1, 0.15) is 0 Å². The Morgan fingerprint density at radius 3 is 1.50 bits per heavy atom. The van der Waals surface area contributed by atoms with Crippen LogP contribution >= 0.6 is 32.1 Å². The Morgan fingerprint density at radius 2 is 1.14 bits per heavy atom. The summed E-state index contributed by atoms with van der Waals surface area (Å²) >= 11 is 0. The summed E-state index contributed by atoms with van der Waals surface area (Å²) in [6.07, 6.45) is 1.07. The summed E-state index contributed by atoms with van der Waals surface area (Å²) in [6, 6.07) is 8.78. The summed E-state index contributed by atoms with van der Waals surface area (Å²) in [5.74, 6) is 0. The molecular weight excluding hydrogens is 528 g/mol. The largest absolute Gasteiger partial charge is 0.402 e. The zero-order valence-corrected chi connectivity index (χ0v) is 28.4. The lowest BCUT2D eigenvalue weighted by atomic mass is 10.2. The molecule has 0 bridgehead atoms. The van der Waals surface area contributed by atoms with Gasteiger partial charge in [0.05, 0.1) is 6.54 Å². The van der Waals surface area contributed by atoms with E-state index in [1.165, 1.54) is 10.9 Å². The van der Waals surface area contributed by atoms with Crippen molar-refractivity contribution in [2.75, 3.05) is 97.7 Å². The van der Waals surface area contributed by atoms with Crippen LogP contribution < -0.4 is 10.4 Å². The normalized spacial score (nSPS) is 17.8. The van der Waals surface area contributed by atoms with Crippen LogP contribution in [0, 0.1) is 0 Å². The lowest BCUT2D eigenvalue weighted by Gasteiger charge is -2.45. The molecule has 2 rings (SSSR count). The maximum Gasteiger partial charge on any atom is 0.402 e. The lowest BCUT2D eigenvalue weighted by Crippen LogP contribution is -2.40. The van der Waals surface area contributed by atoms with Crippen molar-refractivity contribution in [3.05, 3.63) is 29.8 Å². The van der Waals surface area contributed by atoms with Crippen molar-refractivity contribution in [3.63, 3.8) is 0 Å². The monoisotopic (exact) mass is 579 g/mol. The molecule has 1 aliphatic heterocycles. The first-order chi connectivity index (χ1) is 16.7. The molecule has 0 aliphatic carbocycles. The van der Waals surface area contributed by atoms with Crippen LogP contribution in [0.2, 0.25) is 0 Å². The minimum atomic E-state index is -2.57. The minimum Gasteiger partial charge on any atom is -0.249 e. The molecule has 1 aromatic rings. The van der Waals surface area contributed by atoms with E-state index in [0.29, 0.717) is 0 Å². The second kappa shape index (κ2) is 13.0. The molecule has 0 spiro atoms. The van der Waals surface area contributed by atoms with Gasteiger partial charge in [-0.3, -0.25) is 0 Å². The van der Waals surface area contributed by atoms with Crippen molar-refractivity contribution in [3.8, 4) is 0 Å². The van der Waals surface area contributed by atoms with E-state index in [0.717, 1.165) is 26.1 Å². The third-order valence-corrected chi connectivity index (χ3v) is 18.9. The van der Waals surface area contributed by atoms with Crippen molar-refractivity contribution in [1.29, 1.82) is 0 Å². The van der Waals surface area contributed by atoms with Crippen LogP contribution in [0.3, 0.4) is 0 Å². The molecule has 208 valence electrons. The van der Waals surface area contributed by atoms with Crippen molar-refractivity contribution >= 4 is 37.4 Å². The smallest absolute Gasteiger partial charge is 0.249 e. The number of nitrogens with one attached hydrogen (secondary N) is 1. The second-order valence-electron chi connectivity index (χ2n) is 10.3. The number of rotatable bonds is 10. The maximum absolute atomic E-state index is 5.92. The highest BCUT2D eigenvalue weighted by atomic mass is 31.3. The van der Waals surface area contributed by atoms with E-state index in [1.807, 2.05) is 0 Å². The molecule has 0 aromatic heterocycles. The van der Waals surface area contributed by atoms with Crippen molar-refractivity contribution < 1.29 is 0 Å². The van der Waals surface area contributed by atoms with Gasteiger partial charge in [0, 0.05) is 13.1 Å². The van der Waals surface area contributed by atoms with E-state index in [2.05, 4.69) is 156 Å². The van der Waals surface area contributed by atoms with Gasteiger partial charge in [-0.2, -0.15) is 0 Å². The van der Waals surface area contributed by atoms with Crippen molar-refractivity contribution in [2.45, 2.75) is 13.0 Å². The minimum absolute atomic E-state index is 0.807. The predicted octanol–water partition coefficient (Wildman–Crippen LogP) is 3.92. The third kappa shape index (κ3) is 6.50. The highest BCUT2D eigenvalue weighted by Gasteiger charge is 2.55. The Labute approximate surface area is 224 Å². The van der Waals surface area contributed by atoms with Crippen LogP contribution in [0.15, 0.2) is 33.3 Å². The topological polar surface area (TPSA) is 59.4 Å². The van der Waals surface area contributed by atoms with Gasteiger partial charge in [0.15, 0.2) is 0 Å². The SMILES string of the molecule is CN(C)P(=N[P+]1(N=P(N(C)C)(N(C)C)N(C)C)NCCCN1Cc1ccc(P)cc1)(N(C)C)N(C)C. The molecule has 1 fully saturated rings. The number of hydrogen-bond acceptors (Lipinski definition) is 4. The van der Waals surface area contributed by atoms with Crippen LogP contribution in [-0.2, 0) is 6.54 Å². The first-order valence-corrected chi connectivity index (χ1v) is 17.7. The van der Waals surface area contributed by atoms with Gasteiger partial charge < -0.3 is 0 Å². The highest BCUT2D eigenvalue weighted by Crippen LogP contribution is 2.77. The average Bonchev–Trinajstić information content (AvgIpc) is 2.77. The van der Waals surface area contributed by atoms with E-state index >= 15 is 0 Å². The van der Waals surface area contributed by atoms with Crippen LogP contribution in [0.1, 0.15) is 12.0 Å². The Hall–Kier alpha value is 0.220. The van der Waals surface area contributed by atoms with Gasteiger partial charge >= 0.3 is 7.87 Å². The molecule has 1 atom stereocenters. The zero-order chi connectivity index (χ0) is 27.5. The van der Waals surface area contributed by atoms with Gasteiger partial charge in [-0.15, -0.1) is 19.0 Å². The fraction of sp³-hybridized carbons (Fsp3) is 0.727. The van der Waals surface area contributed by atoms with Crippen molar-refractivity contribution in [1.82, 2.24) is 37.8 Å². The Morgan fingerprint density at radius 1 is 0.750 bits per heavy atom. The van der Waals surface area contributed by atoms with E-state index in [9.17, 15) is 0 Å². The number of nitrogens with zero attached hydrogens (tertiary/aromatic N) is 9. The van der Waals surface area contributed by atoms with E-state index in [-0.39, 0.29) is 0 Å². The molecule has 1 N–H and O–H groups in total. The molecule has 1 saturated heterocycles. The fourth-order valence-electron chi connectivity index (χ4n) is 4.90. The molecule has 0 radical (unpaired) electrons. The van der Waals surface area contributed by atoms with Gasteiger partial charge in [0.2, 0.25) is 15.0 Å². The Kier molecular flexibility index (Phi) is 11.8. The molecule has 1 aliphatic rings. The van der Waals surface area contributed by atoms with Gasteiger partial charge in [-0.05, 0) is 111 Å². The van der Waals surface area contributed by atoms with E-state index in [4.69, 9.17) is 9.03 Å². The molecule has 0 amide bonds. The molecule has 14 heteroatoms. The summed E-state index contributed by atoms with van der Waals surface area (Å²) < 4.78 is 28.1. The number of hydrogen-bond donors (Lipinski definition) is 1. The maximum atomic E-state index is 5.92. The summed E-state index contributed by atoms with van der Waals surface area (Å²) in [4.78, 5) is 0. The molecule has 1 aromatic carbocycles. The van der Waals surface area contributed by atoms with Gasteiger partial charge in [0.25, 0.3) is 0 Å². The summed E-state index contributed by atoms with van der Waals surface area (Å²) in [6.45, 7) is 2.67. The van der Waals surface area contributed by atoms with Crippen LogP contribution in [-0.4, -0.2) is 130 Å². The zero-order valence-electron chi connectivity index (χ0n) is 24.6.